The van der Waals surface area contributed by atoms with Crippen LogP contribution in [0.2, 0.25) is 0 Å². The number of nitrogens with zero attached hydrogens (tertiary/aromatic N) is 2. The van der Waals surface area contributed by atoms with Crippen molar-refractivity contribution in [3.8, 4) is 0 Å². The van der Waals surface area contributed by atoms with Gasteiger partial charge in [0, 0.05) is 12.1 Å². The lowest BCUT2D eigenvalue weighted by molar-refractivity contribution is -0.387. The normalized spacial score (nSPS) is 10.4. The molecule has 0 N–H and O–H groups in total. The van der Waals surface area contributed by atoms with Crippen molar-refractivity contribution >= 4 is 45.8 Å². The first-order valence-electron chi connectivity index (χ1n) is 4.21. The highest BCUT2D eigenvalue weighted by Gasteiger charge is 2.22. The van der Waals surface area contributed by atoms with E-state index in [9.17, 15) is 20.2 Å². The third-order valence-electron chi connectivity index (χ3n) is 1.80. The van der Waals surface area contributed by atoms with Crippen LogP contribution < -0.4 is 0 Å². The van der Waals surface area contributed by atoms with E-state index >= 15 is 0 Å². The van der Waals surface area contributed by atoms with Gasteiger partial charge >= 0.3 is 0 Å². The van der Waals surface area contributed by atoms with E-state index < -0.39 is 9.85 Å². The maximum Gasteiger partial charge on any atom is 0.294 e. The van der Waals surface area contributed by atoms with Crippen LogP contribution in [-0.2, 0) is 0 Å². The Morgan fingerprint density at radius 2 is 1.35 bits per heavy atom. The molecule has 2 aromatic heterocycles. The molecule has 0 spiro atoms. The van der Waals surface area contributed by atoms with Crippen LogP contribution in [0.5, 0.6) is 0 Å². The first-order chi connectivity index (χ1) is 8.09. The molecule has 0 atom stereocenters. The molecule has 0 aliphatic heterocycles. The highest BCUT2D eigenvalue weighted by Crippen LogP contribution is 2.44. The van der Waals surface area contributed by atoms with Crippen molar-refractivity contribution in [1.29, 1.82) is 0 Å². The average Bonchev–Trinajstić information content (AvgIpc) is 2.86. The van der Waals surface area contributed by atoms with Gasteiger partial charge in [-0.25, -0.2) is 0 Å². The number of nitro groups is 2. The molecule has 6 nitrogen and oxygen atoms in total. The lowest BCUT2D eigenvalue weighted by Crippen LogP contribution is -1.87. The Morgan fingerprint density at radius 3 is 1.71 bits per heavy atom. The lowest BCUT2D eigenvalue weighted by atomic mass is 10.5. The summed E-state index contributed by atoms with van der Waals surface area (Å²) >= 11 is 3.47. The summed E-state index contributed by atoms with van der Waals surface area (Å²) in [6, 6.07) is 2.79. The fourth-order valence-electron chi connectivity index (χ4n) is 1.09. The predicted octanol–water partition coefficient (Wildman–Crippen LogP) is 3.78. The molecular formula is C8H4N2O4S3. The molecule has 0 aromatic carbocycles. The summed E-state index contributed by atoms with van der Waals surface area (Å²) in [5.74, 6) is 0. The number of thiophene rings is 2. The molecular weight excluding hydrogens is 284 g/mol. The smallest absolute Gasteiger partial charge is 0.258 e. The van der Waals surface area contributed by atoms with E-state index in [-0.39, 0.29) is 11.4 Å². The Labute approximate surface area is 107 Å². The molecule has 0 aliphatic rings. The Kier molecular flexibility index (Phi) is 3.41. The standard InChI is InChI=1S/C8H4N2O4S3/c11-9(12)5-1-3-15-7(5)17-8-6(10(13)14)2-4-16-8/h1-4H. The van der Waals surface area contributed by atoms with Gasteiger partial charge in [0.25, 0.3) is 11.4 Å². The van der Waals surface area contributed by atoms with Gasteiger partial charge in [0.05, 0.1) is 9.85 Å². The van der Waals surface area contributed by atoms with E-state index in [0.29, 0.717) is 8.42 Å². The van der Waals surface area contributed by atoms with Gasteiger partial charge in [-0.3, -0.25) is 20.2 Å². The topological polar surface area (TPSA) is 86.3 Å². The Balaban J connectivity index is 2.32. The summed E-state index contributed by atoms with van der Waals surface area (Å²) in [7, 11) is 0. The van der Waals surface area contributed by atoms with Crippen molar-refractivity contribution in [3.63, 3.8) is 0 Å². The fourth-order valence-corrected chi connectivity index (χ4v) is 4.29. The van der Waals surface area contributed by atoms with Crippen molar-refractivity contribution in [2.45, 2.75) is 8.42 Å². The van der Waals surface area contributed by atoms with Gasteiger partial charge in [-0.2, -0.15) is 0 Å². The number of hydrogen-bond donors (Lipinski definition) is 0. The zero-order valence-corrected chi connectivity index (χ0v) is 10.5. The van der Waals surface area contributed by atoms with Crippen LogP contribution in [0.25, 0.3) is 0 Å². The van der Waals surface area contributed by atoms with Gasteiger partial charge in [-0.15, -0.1) is 22.7 Å². The quantitative estimate of drug-likeness (QED) is 0.631. The van der Waals surface area contributed by atoms with Crippen molar-refractivity contribution < 1.29 is 9.85 Å². The average molecular weight is 288 g/mol. The van der Waals surface area contributed by atoms with E-state index in [1.165, 1.54) is 34.8 Å². The van der Waals surface area contributed by atoms with Gasteiger partial charge in [0.1, 0.15) is 8.42 Å². The third-order valence-corrected chi connectivity index (χ3v) is 5.06. The minimum Gasteiger partial charge on any atom is -0.258 e. The zero-order valence-electron chi connectivity index (χ0n) is 8.06. The molecule has 2 heterocycles. The molecule has 0 saturated carbocycles. The van der Waals surface area contributed by atoms with Gasteiger partial charge in [-0.05, 0) is 10.8 Å². The van der Waals surface area contributed by atoms with Gasteiger partial charge in [0.2, 0.25) is 0 Å². The Morgan fingerprint density at radius 1 is 0.941 bits per heavy atom. The van der Waals surface area contributed by atoms with Crippen LogP contribution in [0.15, 0.2) is 31.3 Å². The molecule has 0 bridgehead atoms. The number of rotatable bonds is 4. The summed E-state index contributed by atoms with van der Waals surface area (Å²) < 4.78 is 0.918. The summed E-state index contributed by atoms with van der Waals surface area (Å²) in [4.78, 5) is 20.4. The Bertz CT molecular complexity index is 527. The molecule has 0 unspecified atom stereocenters. The predicted molar refractivity (Wildman–Crippen MR) is 66.1 cm³/mol. The monoisotopic (exact) mass is 288 g/mol. The first kappa shape index (κ1) is 12.0. The molecule has 0 saturated heterocycles. The fraction of sp³-hybridized carbons (Fsp3) is 0. The first-order valence-corrected chi connectivity index (χ1v) is 6.79. The molecule has 17 heavy (non-hydrogen) atoms. The second-order valence-electron chi connectivity index (χ2n) is 2.80. The van der Waals surface area contributed by atoms with Gasteiger partial charge < -0.3 is 0 Å². The number of hydrogen-bond acceptors (Lipinski definition) is 7. The zero-order chi connectivity index (χ0) is 12.4. The van der Waals surface area contributed by atoms with E-state index in [1.807, 2.05) is 0 Å². The van der Waals surface area contributed by atoms with Crippen LogP contribution >= 0.6 is 34.4 Å². The van der Waals surface area contributed by atoms with Crippen LogP contribution in [0.4, 0.5) is 11.4 Å². The molecule has 9 heteroatoms. The van der Waals surface area contributed by atoms with Crippen molar-refractivity contribution in [3.05, 3.63) is 43.1 Å². The minimum atomic E-state index is -0.488. The molecule has 0 aliphatic carbocycles. The molecule has 2 rings (SSSR count). The minimum absolute atomic E-state index is 0.0114. The largest absolute Gasteiger partial charge is 0.294 e. The maximum absolute atomic E-state index is 10.7. The summed E-state index contributed by atoms with van der Waals surface area (Å²) in [6.45, 7) is 0. The van der Waals surface area contributed by atoms with Crippen molar-refractivity contribution in [2.75, 3.05) is 0 Å². The van der Waals surface area contributed by atoms with Crippen LogP contribution in [-0.4, -0.2) is 9.85 Å². The van der Waals surface area contributed by atoms with E-state index in [0.717, 1.165) is 11.8 Å². The molecule has 0 radical (unpaired) electrons. The third kappa shape index (κ3) is 2.46. The van der Waals surface area contributed by atoms with Gasteiger partial charge in [0.15, 0.2) is 0 Å². The second-order valence-corrected chi connectivity index (χ2v) is 6.17. The van der Waals surface area contributed by atoms with Gasteiger partial charge in [-0.1, -0.05) is 11.8 Å². The lowest BCUT2D eigenvalue weighted by Gasteiger charge is -1.95. The molecule has 0 amide bonds. The van der Waals surface area contributed by atoms with E-state index in [1.54, 1.807) is 10.8 Å². The summed E-state index contributed by atoms with van der Waals surface area (Å²) in [6.07, 6.45) is 0. The highest BCUT2D eigenvalue weighted by atomic mass is 32.2. The van der Waals surface area contributed by atoms with Crippen molar-refractivity contribution in [2.24, 2.45) is 0 Å². The summed E-state index contributed by atoms with van der Waals surface area (Å²) in [5.41, 5.74) is -0.0228. The Hall–Kier alpha value is -1.45. The summed E-state index contributed by atoms with van der Waals surface area (Å²) in [5, 5.41) is 24.6. The van der Waals surface area contributed by atoms with Crippen LogP contribution in [0, 0.1) is 20.2 Å². The van der Waals surface area contributed by atoms with E-state index in [4.69, 9.17) is 0 Å². The maximum atomic E-state index is 10.7. The molecule has 2 aromatic rings. The van der Waals surface area contributed by atoms with Crippen molar-refractivity contribution in [1.82, 2.24) is 0 Å². The second kappa shape index (κ2) is 4.82. The molecule has 0 fully saturated rings. The molecule has 88 valence electrons. The van der Waals surface area contributed by atoms with Crippen LogP contribution in [0.3, 0.4) is 0 Å². The highest BCUT2D eigenvalue weighted by molar-refractivity contribution is 8.03. The SMILES string of the molecule is O=[N+]([O-])c1ccsc1Sc1sccc1[N+](=O)[O-]. The van der Waals surface area contributed by atoms with Crippen LogP contribution in [0.1, 0.15) is 0 Å². The van der Waals surface area contributed by atoms with E-state index in [2.05, 4.69) is 0 Å².